The standard InChI is InChI=1S/C19H22N4O4/c1-12-13(2)22-23(19(25)15(12)10-20)11-18(24)21-8-7-14-5-6-16(26-3)17(9-14)27-4/h5-6,9H,7-8,11H2,1-4H3,(H,21,24). The highest BCUT2D eigenvalue weighted by Gasteiger charge is 2.13. The number of hydrogen-bond acceptors (Lipinski definition) is 6. The van der Waals surface area contributed by atoms with Crippen LogP contribution in [0.3, 0.4) is 0 Å². The topological polar surface area (TPSA) is 106 Å². The molecule has 0 aliphatic heterocycles. The first kappa shape index (κ1) is 20.0. The number of benzene rings is 1. The minimum atomic E-state index is -0.560. The fourth-order valence-corrected chi connectivity index (χ4v) is 2.58. The summed E-state index contributed by atoms with van der Waals surface area (Å²) >= 11 is 0. The van der Waals surface area contributed by atoms with Crippen LogP contribution in [-0.4, -0.2) is 36.5 Å². The van der Waals surface area contributed by atoms with E-state index in [1.54, 1.807) is 34.1 Å². The molecule has 1 heterocycles. The highest BCUT2D eigenvalue weighted by Crippen LogP contribution is 2.27. The summed E-state index contributed by atoms with van der Waals surface area (Å²) < 4.78 is 11.5. The lowest BCUT2D eigenvalue weighted by molar-refractivity contribution is -0.121. The molecular formula is C19H22N4O4. The Morgan fingerprint density at radius 2 is 1.96 bits per heavy atom. The van der Waals surface area contributed by atoms with Gasteiger partial charge in [-0.3, -0.25) is 9.59 Å². The molecule has 0 saturated heterocycles. The number of hydrogen-bond donors (Lipinski definition) is 1. The number of aromatic nitrogens is 2. The van der Waals surface area contributed by atoms with Gasteiger partial charge in [-0.2, -0.15) is 10.4 Å². The van der Waals surface area contributed by atoms with E-state index in [1.807, 2.05) is 18.2 Å². The molecule has 8 heteroatoms. The molecule has 0 aliphatic carbocycles. The number of methoxy groups -OCH3 is 2. The average molecular weight is 370 g/mol. The largest absolute Gasteiger partial charge is 0.493 e. The first-order chi connectivity index (χ1) is 12.9. The van der Waals surface area contributed by atoms with Crippen molar-refractivity contribution in [1.29, 1.82) is 5.26 Å². The van der Waals surface area contributed by atoms with E-state index in [4.69, 9.17) is 14.7 Å². The van der Waals surface area contributed by atoms with Crippen LogP contribution in [0.25, 0.3) is 0 Å². The molecule has 2 aromatic rings. The Morgan fingerprint density at radius 1 is 1.26 bits per heavy atom. The quantitative estimate of drug-likeness (QED) is 0.782. The fraction of sp³-hybridized carbons (Fsp3) is 0.368. The van der Waals surface area contributed by atoms with E-state index in [2.05, 4.69) is 10.4 Å². The third-order valence-electron chi connectivity index (χ3n) is 4.23. The van der Waals surface area contributed by atoms with Gasteiger partial charge in [-0.05, 0) is 43.5 Å². The van der Waals surface area contributed by atoms with Gasteiger partial charge in [0.25, 0.3) is 5.56 Å². The molecule has 27 heavy (non-hydrogen) atoms. The first-order valence-corrected chi connectivity index (χ1v) is 8.37. The summed E-state index contributed by atoms with van der Waals surface area (Å²) in [6.07, 6.45) is 0.588. The van der Waals surface area contributed by atoms with Crippen molar-refractivity contribution < 1.29 is 14.3 Å². The predicted molar refractivity (Wildman–Crippen MR) is 98.9 cm³/mol. The molecule has 0 atom stereocenters. The van der Waals surface area contributed by atoms with E-state index in [1.165, 1.54) is 0 Å². The second-order valence-electron chi connectivity index (χ2n) is 5.95. The maximum Gasteiger partial charge on any atom is 0.285 e. The van der Waals surface area contributed by atoms with Crippen molar-refractivity contribution in [3.05, 3.63) is 50.9 Å². The molecule has 0 fully saturated rings. The normalized spacial score (nSPS) is 10.2. The summed E-state index contributed by atoms with van der Waals surface area (Å²) in [4.78, 5) is 24.3. The Hall–Kier alpha value is -3.34. The molecule has 0 bridgehead atoms. The van der Waals surface area contributed by atoms with Gasteiger partial charge in [0.1, 0.15) is 18.2 Å². The Morgan fingerprint density at radius 3 is 2.59 bits per heavy atom. The number of ether oxygens (including phenoxy) is 2. The maximum atomic E-state index is 12.2. The maximum absolute atomic E-state index is 12.2. The fourth-order valence-electron chi connectivity index (χ4n) is 2.58. The molecule has 1 N–H and O–H groups in total. The number of nitriles is 1. The zero-order valence-electron chi connectivity index (χ0n) is 15.8. The van der Waals surface area contributed by atoms with Gasteiger partial charge in [0.15, 0.2) is 11.5 Å². The number of nitrogens with zero attached hydrogens (tertiary/aromatic N) is 3. The molecule has 2 rings (SSSR count). The number of carbonyl (C=O) groups excluding carboxylic acids is 1. The average Bonchev–Trinajstić information content (AvgIpc) is 2.66. The second-order valence-corrected chi connectivity index (χ2v) is 5.95. The number of amides is 1. The molecule has 1 aromatic heterocycles. The van der Waals surface area contributed by atoms with E-state index in [0.29, 0.717) is 35.7 Å². The number of aryl methyl sites for hydroxylation is 1. The lowest BCUT2D eigenvalue weighted by Gasteiger charge is -2.11. The van der Waals surface area contributed by atoms with E-state index in [0.717, 1.165) is 10.2 Å². The first-order valence-electron chi connectivity index (χ1n) is 8.37. The van der Waals surface area contributed by atoms with Crippen molar-refractivity contribution in [3.63, 3.8) is 0 Å². The lowest BCUT2D eigenvalue weighted by Crippen LogP contribution is -2.36. The molecular weight excluding hydrogens is 348 g/mol. The van der Waals surface area contributed by atoms with Crippen molar-refractivity contribution in [2.24, 2.45) is 0 Å². The van der Waals surface area contributed by atoms with Crippen molar-refractivity contribution in [1.82, 2.24) is 15.1 Å². The summed E-state index contributed by atoms with van der Waals surface area (Å²) in [7, 11) is 3.13. The van der Waals surface area contributed by atoms with Crippen LogP contribution in [0.1, 0.15) is 22.4 Å². The van der Waals surface area contributed by atoms with Gasteiger partial charge in [-0.25, -0.2) is 4.68 Å². The molecule has 1 aromatic carbocycles. The van der Waals surface area contributed by atoms with Crippen molar-refractivity contribution in [2.75, 3.05) is 20.8 Å². The SMILES string of the molecule is COc1ccc(CCNC(=O)Cn2nc(C)c(C)c(C#N)c2=O)cc1OC. The Bertz CT molecular complexity index is 944. The predicted octanol–water partition coefficient (Wildman–Crippen LogP) is 1.11. The summed E-state index contributed by atoms with van der Waals surface area (Å²) in [5.74, 6) is 0.909. The van der Waals surface area contributed by atoms with Gasteiger partial charge >= 0.3 is 0 Å². The minimum Gasteiger partial charge on any atom is -0.493 e. The number of carbonyl (C=O) groups is 1. The summed E-state index contributed by atoms with van der Waals surface area (Å²) in [6, 6.07) is 7.42. The second kappa shape index (κ2) is 8.85. The molecule has 1 amide bonds. The number of nitrogens with one attached hydrogen (secondary N) is 1. The van der Waals surface area contributed by atoms with Crippen LogP contribution < -0.4 is 20.3 Å². The minimum absolute atomic E-state index is 0.0145. The molecule has 142 valence electrons. The van der Waals surface area contributed by atoms with Crippen LogP contribution in [0.5, 0.6) is 11.5 Å². The molecule has 0 radical (unpaired) electrons. The van der Waals surface area contributed by atoms with Gasteiger partial charge in [0.05, 0.1) is 19.9 Å². The van der Waals surface area contributed by atoms with E-state index < -0.39 is 5.56 Å². The zero-order valence-corrected chi connectivity index (χ0v) is 15.8. The molecule has 0 unspecified atom stereocenters. The monoisotopic (exact) mass is 370 g/mol. The van der Waals surface area contributed by atoms with Gasteiger partial charge in [0, 0.05) is 6.54 Å². The van der Waals surface area contributed by atoms with E-state index in [9.17, 15) is 9.59 Å². The summed E-state index contributed by atoms with van der Waals surface area (Å²) in [6.45, 7) is 3.51. The summed E-state index contributed by atoms with van der Waals surface area (Å²) in [5.41, 5.74) is 1.51. The smallest absolute Gasteiger partial charge is 0.285 e. The van der Waals surface area contributed by atoms with Gasteiger partial charge in [0.2, 0.25) is 5.91 Å². The molecule has 8 nitrogen and oxygen atoms in total. The summed E-state index contributed by atoms with van der Waals surface area (Å²) in [5, 5.41) is 16.0. The van der Waals surface area contributed by atoms with Crippen LogP contribution in [0, 0.1) is 25.2 Å². The van der Waals surface area contributed by atoms with E-state index >= 15 is 0 Å². The highest BCUT2D eigenvalue weighted by molar-refractivity contribution is 5.75. The Labute approximate surface area is 157 Å². The third kappa shape index (κ3) is 4.64. The lowest BCUT2D eigenvalue weighted by atomic mass is 10.1. The molecule has 0 saturated carbocycles. The van der Waals surface area contributed by atoms with E-state index in [-0.39, 0.29) is 18.0 Å². The van der Waals surface area contributed by atoms with Crippen LogP contribution in [-0.2, 0) is 17.8 Å². The Balaban J connectivity index is 1.99. The van der Waals surface area contributed by atoms with Crippen LogP contribution in [0.4, 0.5) is 0 Å². The number of rotatable bonds is 7. The van der Waals surface area contributed by atoms with Crippen LogP contribution >= 0.6 is 0 Å². The Kier molecular flexibility index (Phi) is 6.55. The van der Waals surface area contributed by atoms with Crippen LogP contribution in [0.2, 0.25) is 0 Å². The molecule has 0 spiro atoms. The molecule has 0 aliphatic rings. The highest BCUT2D eigenvalue weighted by atomic mass is 16.5. The third-order valence-corrected chi connectivity index (χ3v) is 4.23. The van der Waals surface area contributed by atoms with Gasteiger partial charge in [-0.1, -0.05) is 6.07 Å². The van der Waals surface area contributed by atoms with Crippen molar-refractivity contribution >= 4 is 5.91 Å². The van der Waals surface area contributed by atoms with Gasteiger partial charge in [-0.15, -0.1) is 0 Å². The van der Waals surface area contributed by atoms with Crippen molar-refractivity contribution in [3.8, 4) is 17.6 Å². The van der Waals surface area contributed by atoms with Crippen molar-refractivity contribution in [2.45, 2.75) is 26.8 Å². The van der Waals surface area contributed by atoms with Crippen LogP contribution in [0.15, 0.2) is 23.0 Å². The van der Waals surface area contributed by atoms with Gasteiger partial charge < -0.3 is 14.8 Å². The zero-order chi connectivity index (χ0) is 20.0.